The first-order valence-electron chi connectivity index (χ1n) is 9.76. The van der Waals surface area contributed by atoms with Crippen LogP contribution in [0.1, 0.15) is 28.9 Å². The molecule has 2 aromatic heterocycles. The quantitative estimate of drug-likeness (QED) is 0.643. The van der Waals surface area contributed by atoms with Gasteiger partial charge < -0.3 is 19.7 Å². The van der Waals surface area contributed by atoms with Crippen molar-refractivity contribution in [2.45, 2.75) is 19.8 Å². The Morgan fingerprint density at radius 3 is 2.57 bits per heavy atom. The van der Waals surface area contributed by atoms with Crippen LogP contribution in [0.25, 0.3) is 11.0 Å². The highest BCUT2D eigenvalue weighted by atomic mass is 35.5. The second-order valence-electron chi connectivity index (χ2n) is 7.18. The van der Waals surface area contributed by atoms with Crippen LogP contribution in [0.4, 0.5) is 11.4 Å². The standard InChI is InChI=1S/C22H23ClN4O3/c1-13-6-7-14-20(26-17-11-18(29-2)16(23)10-19(17)30-3)15(12-24-21(14)25-13)22(28)27-8-4-5-9-27/h6-7,10-12H,4-5,8-9H2,1-3H3,(H,24,25,26). The predicted molar refractivity (Wildman–Crippen MR) is 117 cm³/mol. The SMILES string of the molecule is COc1cc(Nc2c(C(=O)N3CCCC3)cnc3nc(C)ccc23)c(OC)cc1Cl. The third kappa shape index (κ3) is 3.73. The van der Waals surface area contributed by atoms with Crippen LogP contribution >= 0.6 is 11.6 Å². The second-order valence-corrected chi connectivity index (χ2v) is 7.59. The van der Waals surface area contributed by atoms with Crippen LogP contribution in [-0.2, 0) is 0 Å². The number of anilines is 2. The molecule has 3 aromatic rings. The highest BCUT2D eigenvalue weighted by molar-refractivity contribution is 6.32. The minimum atomic E-state index is -0.0510. The van der Waals surface area contributed by atoms with Gasteiger partial charge in [-0.25, -0.2) is 9.97 Å². The molecule has 8 heteroatoms. The maximum Gasteiger partial charge on any atom is 0.257 e. The Morgan fingerprint density at radius 2 is 1.87 bits per heavy atom. The molecule has 1 amide bonds. The molecule has 7 nitrogen and oxygen atoms in total. The topological polar surface area (TPSA) is 76.6 Å². The van der Waals surface area contributed by atoms with Crippen LogP contribution in [0.5, 0.6) is 11.5 Å². The summed E-state index contributed by atoms with van der Waals surface area (Å²) in [5, 5.41) is 4.56. The predicted octanol–water partition coefficient (Wildman–Crippen LogP) is 4.59. The van der Waals surface area contributed by atoms with Crippen molar-refractivity contribution >= 4 is 39.9 Å². The van der Waals surface area contributed by atoms with Crippen LogP contribution < -0.4 is 14.8 Å². The molecule has 0 unspecified atom stereocenters. The largest absolute Gasteiger partial charge is 0.495 e. The number of carbonyl (C=O) groups excluding carboxylic acids is 1. The first-order chi connectivity index (χ1) is 14.5. The fraction of sp³-hybridized carbons (Fsp3) is 0.318. The first-order valence-corrected chi connectivity index (χ1v) is 10.1. The van der Waals surface area contributed by atoms with E-state index in [9.17, 15) is 4.79 Å². The third-order valence-corrected chi connectivity index (χ3v) is 5.52. The lowest BCUT2D eigenvalue weighted by Crippen LogP contribution is -2.28. The number of nitrogens with one attached hydrogen (secondary N) is 1. The molecule has 4 rings (SSSR count). The van der Waals surface area contributed by atoms with Crippen LogP contribution in [0.2, 0.25) is 5.02 Å². The number of nitrogens with zero attached hydrogens (tertiary/aromatic N) is 3. The van der Waals surface area contributed by atoms with E-state index >= 15 is 0 Å². The van der Waals surface area contributed by atoms with Gasteiger partial charge in [0.05, 0.1) is 36.2 Å². The third-order valence-electron chi connectivity index (χ3n) is 5.23. The molecule has 1 aliphatic heterocycles. The number of fused-ring (bicyclic) bond motifs is 1. The molecule has 3 heterocycles. The van der Waals surface area contributed by atoms with Gasteiger partial charge >= 0.3 is 0 Å². The Labute approximate surface area is 180 Å². The number of halogens is 1. The summed E-state index contributed by atoms with van der Waals surface area (Å²) in [6, 6.07) is 7.25. The van der Waals surface area contributed by atoms with Gasteiger partial charge in [0.25, 0.3) is 5.91 Å². The van der Waals surface area contributed by atoms with E-state index in [-0.39, 0.29) is 5.91 Å². The van der Waals surface area contributed by atoms with E-state index < -0.39 is 0 Å². The lowest BCUT2D eigenvalue weighted by atomic mass is 10.1. The number of hydrogen-bond acceptors (Lipinski definition) is 6. The molecule has 0 spiro atoms. The zero-order valence-corrected chi connectivity index (χ0v) is 17.9. The van der Waals surface area contributed by atoms with Crippen LogP contribution in [0.15, 0.2) is 30.5 Å². The Morgan fingerprint density at radius 1 is 1.13 bits per heavy atom. The van der Waals surface area contributed by atoms with Gasteiger partial charge in [0, 0.05) is 42.5 Å². The molecule has 1 N–H and O–H groups in total. The fourth-order valence-corrected chi connectivity index (χ4v) is 3.88. The molecule has 156 valence electrons. The number of ether oxygens (including phenoxy) is 2. The number of hydrogen-bond donors (Lipinski definition) is 1. The molecule has 0 aliphatic carbocycles. The average Bonchev–Trinajstić information content (AvgIpc) is 3.29. The maximum atomic E-state index is 13.2. The van der Waals surface area contributed by atoms with E-state index in [0.29, 0.717) is 39.1 Å². The Kier molecular flexibility index (Phi) is 5.63. The Bertz CT molecular complexity index is 1110. The number of carbonyl (C=O) groups is 1. The summed E-state index contributed by atoms with van der Waals surface area (Å²) in [5.74, 6) is 0.981. The van der Waals surface area contributed by atoms with Crippen LogP contribution in [0.3, 0.4) is 0 Å². The van der Waals surface area contributed by atoms with Crippen LogP contribution in [-0.4, -0.2) is 48.1 Å². The van der Waals surface area contributed by atoms with Gasteiger partial charge in [-0.2, -0.15) is 0 Å². The fourth-order valence-electron chi connectivity index (χ4n) is 3.65. The van der Waals surface area contributed by atoms with Gasteiger partial charge in [0.15, 0.2) is 5.65 Å². The van der Waals surface area contributed by atoms with Gasteiger partial charge in [-0.05, 0) is 31.9 Å². The summed E-state index contributed by atoms with van der Waals surface area (Å²) in [7, 11) is 3.11. The van der Waals surface area contributed by atoms with E-state index in [4.69, 9.17) is 21.1 Å². The van der Waals surface area contributed by atoms with Crippen LogP contribution in [0, 0.1) is 6.92 Å². The number of aromatic nitrogens is 2. The lowest BCUT2D eigenvalue weighted by Gasteiger charge is -2.20. The van der Waals surface area contributed by atoms with Gasteiger partial charge in [-0.3, -0.25) is 4.79 Å². The molecule has 1 aliphatic rings. The summed E-state index contributed by atoms with van der Waals surface area (Å²) < 4.78 is 10.9. The summed E-state index contributed by atoms with van der Waals surface area (Å²) in [6.07, 6.45) is 3.62. The first kappa shape index (κ1) is 20.2. The molecule has 1 fully saturated rings. The lowest BCUT2D eigenvalue weighted by molar-refractivity contribution is 0.0793. The van der Waals surface area contributed by atoms with E-state index in [2.05, 4.69) is 15.3 Å². The monoisotopic (exact) mass is 426 g/mol. The highest BCUT2D eigenvalue weighted by Gasteiger charge is 2.25. The van der Waals surface area contributed by atoms with Crippen molar-refractivity contribution in [3.05, 3.63) is 46.7 Å². The number of amides is 1. The molecule has 0 radical (unpaired) electrons. The molecule has 30 heavy (non-hydrogen) atoms. The average molecular weight is 427 g/mol. The number of pyridine rings is 2. The van der Waals surface area contributed by atoms with Crippen molar-refractivity contribution < 1.29 is 14.3 Å². The Balaban J connectivity index is 1.88. The molecule has 0 saturated carbocycles. The van der Waals surface area contributed by atoms with Gasteiger partial charge in [-0.1, -0.05) is 11.6 Å². The van der Waals surface area contributed by atoms with E-state index in [0.717, 1.165) is 37.0 Å². The number of aryl methyl sites for hydroxylation is 1. The van der Waals surface area contributed by atoms with Crippen molar-refractivity contribution in [1.82, 2.24) is 14.9 Å². The molecule has 1 aromatic carbocycles. The minimum Gasteiger partial charge on any atom is -0.495 e. The summed E-state index contributed by atoms with van der Waals surface area (Å²) in [6.45, 7) is 3.41. The minimum absolute atomic E-state index is 0.0510. The van der Waals surface area contributed by atoms with E-state index in [1.165, 1.54) is 0 Å². The van der Waals surface area contributed by atoms with Gasteiger partial charge in [-0.15, -0.1) is 0 Å². The molecule has 0 atom stereocenters. The van der Waals surface area contributed by atoms with Crippen molar-refractivity contribution in [2.75, 3.05) is 32.6 Å². The number of benzene rings is 1. The summed E-state index contributed by atoms with van der Waals surface area (Å²) in [4.78, 5) is 24.1. The maximum absolute atomic E-state index is 13.2. The zero-order chi connectivity index (χ0) is 21.3. The van der Waals surface area contributed by atoms with Gasteiger partial charge in [0.1, 0.15) is 11.5 Å². The second kappa shape index (κ2) is 8.36. The number of rotatable bonds is 5. The van der Waals surface area contributed by atoms with Crippen molar-refractivity contribution in [3.63, 3.8) is 0 Å². The smallest absolute Gasteiger partial charge is 0.257 e. The Hall–Kier alpha value is -3.06. The van der Waals surface area contributed by atoms with Crippen molar-refractivity contribution in [1.29, 1.82) is 0 Å². The van der Waals surface area contributed by atoms with E-state index in [1.54, 1.807) is 32.5 Å². The zero-order valence-electron chi connectivity index (χ0n) is 17.2. The van der Waals surface area contributed by atoms with Crippen molar-refractivity contribution in [3.8, 4) is 11.5 Å². The molecular formula is C22H23ClN4O3. The number of methoxy groups -OCH3 is 2. The van der Waals surface area contributed by atoms with Crippen molar-refractivity contribution in [2.24, 2.45) is 0 Å². The number of likely N-dealkylation sites (tertiary alicyclic amines) is 1. The molecule has 1 saturated heterocycles. The van der Waals surface area contributed by atoms with Gasteiger partial charge in [0.2, 0.25) is 0 Å². The van der Waals surface area contributed by atoms with E-state index in [1.807, 2.05) is 24.0 Å². The highest BCUT2D eigenvalue weighted by Crippen LogP contribution is 2.39. The molecular weight excluding hydrogens is 404 g/mol. The summed E-state index contributed by atoms with van der Waals surface area (Å²) >= 11 is 6.25. The normalized spacial score (nSPS) is 13.5. The molecule has 0 bridgehead atoms. The summed E-state index contributed by atoms with van der Waals surface area (Å²) in [5.41, 5.74) is 3.17.